The van der Waals surface area contributed by atoms with Crippen LogP contribution in [0.2, 0.25) is 0 Å². The summed E-state index contributed by atoms with van der Waals surface area (Å²) in [6.07, 6.45) is 8.03. The van der Waals surface area contributed by atoms with Crippen LogP contribution < -0.4 is 0 Å². The fourth-order valence-electron chi connectivity index (χ4n) is 4.28. The Morgan fingerprint density at radius 3 is 2.84 bits per heavy atom. The smallest absolute Gasteiger partial charge is 0.227 e. The van der Waals surface area contributed by atoms with E-state index in [4.69, 9.17) is 10.1 Å². The van der Waals surface area contributed by atoms with Crippen molar-refractivity contribution in [2.45, 2.75) is 32.1 Å². The van der Waals surface area contributed by atoms with E-state index in [1.54, 1.807) is 6.20 Å². The quantitative estimate of drug-likeness (QED) is 0.508. The van der Waals surface area contributed by atoms with Gasteiger partial charge in [-0.25, -0.2) is 9.50 Å². The lowest BCUT2D eigenvalue weighted by Gasteiger charge is -2.31. The number of amides is 1. The molecule has 0 aliphatic carbocycles. The third-order valence-corrected chi connectivity index (χ3v) is 6.08. The van der Waals surface area contributed by atoms with Crippen molar-refractivity contribution >= 4 is 11.6 Å². The molecule has 3 aromatic heterocycles. The summed E-state index contributed by atoms with van der Waals surface area (Å²) in [5.41, 5.74) is 5.19. The minimum Gasteiger partial charge on any atom is -0.342 e. The van der Waals surface area contributed by atoms with E-state index < -0.39 is 0 Å². The van der Waals surface area contributed by atoms with Gasteiger partial charge in [-0.2, -0.15) is 5.10 Å². The van der Waals surface area contributed by atoms with Gasteiger partial charge in [0.05, 0.1) is 6.42 Å². The van der Waals surface area contributed by atoms with E-state index >= 15 is 0 Å². The highest BCUT2D eigenvalue weighted by Gasteiger charge is 2.27. The van der Waals surface area contributed by atoms with E-state index in [9.17, 15) is 4.79 Å². The zero-order chi connectivity index (χ0) is 21.2. The Morgan fingerprint density at radius 1 is 1.10 bits per heavy atom. The second kappa shape index (κ2) is 8.30. The van der Waals surface area contributed by atoms with Crippen LogP contribution in [0.3, 0.4) is 0 Å². The molecule has 1 fully saturated rings. The van der Waals surface area contributed by atoms with Gasteiger partial charge in [-0.1, -0.05) is 30.3 Å². The van der Waals surface area contributed by atoms with Gasteiger partial charge in [-0.3, -0.25) is 9.78 Å². The fourth-order valence-corrected chi connectivity index (χ4v) is 4.28. The van der Waals surface area contributed by atoms with Gasteiger partial charge in [0, 0.05) is 48.7 Å². The minimum absolute atomic E-state index is 0.163. The summed E-state index contributed by atoms with van der Waals surface area (Å²) >= 11 is 0. The summed E-state index contributed by atoms with van der Waals surface area (Å²) in [5.74, 6) is 1.16. The van der Waals surface area contributed by atoms with Crippen LogP contribution in [0.25, 0.3) is 16.8 Å². The molecule has 1 amide bonds. The third-order valence-electron chi connectivity index (χ3n) is 6.08. The molecule has 0 spiro atoms. The number of aryl methyl sites for hydroxylation is 1. The number of aromatic nitrogens is 4. The lowest BCUT2D eigenvalue weighted by Crippen LogP contribution is -2.40. The van der Waals surface area contributed by atoms with E-state index in [1.165, 1.54) is 0 Å². The summed E-state index contributed by atoms with van der Waals surface area (Å²) in [7, 11) is 0. The summed E-state index contributed by atoms with van der Waals surface area (Å²) in [4.78, 5) is 23.9. The van der Waals surface area contributed by atoms with Crippen LogP contribution in [-0.2, 0) is 11.2 Å². The first-order valence-electron chi connectivity index (χ1n) is 10.8. The molecule has 1 aliphatic heterocycles. The summed E-state index contributed by atoms with van der Waals surface area (Å²) in [6.45, 7) is 3.54. The Hall–Kier alpha value is -3.54. The van der Waals surface area contributed by atoms with Crippen LogP contribution in [0.5, 0.6) is 0 Å². The third kappa shape index (κ3) is 4.06. The van der Waals surface area contributed by atoms with Crippen molar-refractivity contribution in [1.29, 1.82) is 0 Å². The van der Waals surface area contributed by atoms with Crippen LogP contribution in [-0.4, -0.2) is 43.5 Å². The molecule has 0 bridgehead atoms. The van der Waals surface area contributed by atoms with Crippen molar-refractivity contribution in [2.24, 2.45) is 0 Å². The number of piperidine rings is 1. The number of likely N-dealkylation sites (tertiary alicyclic amines) is 1. The molecule has 6 nitrogen and oxygen atoms in total. The first-order valence-corrected chi connectivity index (χ1v) is 10.8. The molecule has 6 heteroatoms. The maximum atomic E-state index is 12.9. The van der Waals surface area contributed by atoms with E-state index in [-0.39, 0.29) is 11.8 Å². The van der Waals surface area contributed by atoms with E-state index in [2.05, 4.69) is 18.0 Å². The molecule has 0 N–H and O–H groups in total. The molecule has 0 radical (unpaired) electrons. The first-order chi connectivity index (χ1) is 15.2. The second-order valence-corrected chi connectivity index (χ2v) is 8.21. The SMILES string of the molecule is Cc1ccccc1CC(=O)N1CCC[C@@H](c2nc3ccc(-c4cccnc4)cn3n2)C1. The number of benzene rings is 1. The monoisotopic (exact) mass is 411 g/mol. The number of carbonyl (C=O) groups is 1. The van der Waals surface area contributed by atoms with Gasteiger partial charge < -0.3 is 4.90 Å². The molecular weight excluding hydrogens is 386 g/mol. The number of hydrogen-bond donors (Lipinski definition) is 0. The number of carbonyl (C=O) groups excluding carboxylic acids is 1. The molecule has 4 aromatic rings. The lowest BCUT2D eigenvalue weighted by atomic mass is 9.96. The van der Waals surface area contributed by atoms with Crippen molar-refractivity contribution in [2.75, 3.05) is 13.1 Å². The average Bonchev–Trinajstić information content (AvgIpc) is 3.25. The predicted octanol–water partition coefficient (Wildman–Crippen LogP) is 4.05. The van der Waals surface area contributed by atoms with Crippen LogP contribution in [0, 0.1) is 6.92 Å². The van der Waals surface area contributed by atoms with Gasteiger partial charge in [0.2, 0.25) is 5.91 Å². The Bertz CT molecular complexity index is 1220. The van der Waals surface area contributed by atoms with Crippen LogP contribution in [0.15, 0.2) is 67.1 Å². The second-order valence-electron chi connectivity index (χ2n) is 8.21. The van der Waals surface area contributed by atoms with Crippen molar-refractivity contribution in [1.82, 2.24) is 24.5 Å². The van der Waals surface area contributed by atoms with Gasteiger partial charge in [0.1, 0.15) is 0 Å². The molecule has 5 rings (SSSR count). The zero-order valence-electron chi connectivity index (χ0n) is 17.6. The summed E-state index contributed by atoms with van der Waals surface area (Å²) in [5, 5.41) is 4.76. The molecule has 0 unspecified atom stereocenters. The highest BCUT2D eigenvalue weighted by Crippen LogP contribution is 2.26. The van der Waals surface area contributed by atoms with Crippen LogP contribution >= 0.6 is 0 Å². The van der Waals surface area contributed by atoms with Crippen molar-refractivity contribution in [3.63, 3.8) is 0 Å². The molecule has 1 aromatic carbocycles. The largest absolute Gasteiger partial charge is 0.342 e. The number of fused-ring (bicyclic) bond motifs is 1. The predicted molar refractivity (Wildman–Crippen MR) is 120 cm³/mol. The summed E-state index contributed by atoms with van der Waals surface area (Å²) in [6, 6.07) is 16.1. The lowest BCUT2D eigenvalue weighted by molar-refractivity contribution is -0.131. The topological polar surface area (TPSA) is 63.4 Å². The van der Waals surface area contributed by atoms with Crippen LogP contribution in [0.4, 0.5) is 0 Å². The highest BCUT2D eigenvalue weighted by molar-refractivity contribution is 5.79. The number of nitrogens with zero attached hydrogens (tertiary/aromatic N) is 5. The van der Waals surface area contributed by atoms with Gasteiger partial charge >= 0.3 is 0 Å². The Kier molecular flexibility index (Phi) is 5.20. The zero-order valence-corrected chi connectivity index (χ0v) is 17.6. The Balaban J connectivity index is 1.34. The van der Waals surface area contributed by atoms with Crippen molar-refractivity contribution < 1.29 is 4.79 Å². The first kappa shape index (κ1) is 19.4. The van der Waals surface area contributed by atoms with E-state index in [1.807, 2.05) is 64.3 Å². The number of pyridine rings is 2. The average molecular weight is 412 g/mol. The molecule has 31 heavy (non-hydrogen) atoms. The van der Waals surface area contributed by atoms with Gasteiger partial charge in [0.15, 0.2) is 11.5 Å². The fraction of sp³-hybridized carbons (Fsp3) is 0.280. The molecular formula is C25H25N5O. The van der Waals surface area contributed by atoms with E-state index in [0.717, 1.165) is 53.1 Å². The molecule has 1 atom stereocenters. The Labute approximate surface area is 181 Å². The molecule has 1 aliphatic rings. The molecule has 0 saturated carbocycles. The maximum absolute atomic E-state index is 12.9. The minimum atomic E-state index is 0.163. The van der Waals surface area contributed by atoms with Crippen molar-refractivity contribution in [3.8, 4) is 11.1 Å². The van der Waals surface area contributed by atoms with Gasteiger partial charge in [-0.15, -0.1) is 0 Å². The molecule has 156 valence electrons. The summed E-state index contributed by atoms with van der Waals surface area (Å²) < 4.78 is 1.84. The van der Waals surface area contributed by atoms with E-state index in [0.29, 0.717) is 13.0 Å². The van der Waals surface area contributed by atoms with Gasteiger partial charge in [-0.05, 0) is 49.1 Å². The number of hydrogen-bond acceptors (Lipinski definition) is 4. The molecule has 1 saturated heterocycles. The maximum Gasteiger partial charge on any atom is 0.227 e. The Morgan fingerprint density at radius 2 is 2.00 bits per heavy atom. The standard InChI is InChI=1S/C25H25N5O/c1-18-6-2-3-7-19(18)14-24(31)29-13-5-9-22(16-29)25-27-23-11-10-21(17-30(23)28-25)20-8-4-12-26-15-20/h2-4,6-8,10-12,15,17,22H,5,9,13-14,16H2,1H3/t22-/m1/s1. The highest BCUT2D eigenvalue weighted by atomic mass is 16.2. The number of rotatable bonds is 4. The molecule has 4 heterocycles. The van der Waals surface area contributed by atoms with Crippen molar-refractivity contribution in [3.05, 3.63) is 84.1 Å². The normalized spacial score (nSPS) is 16.5. The van der Waals surface area contributed by atoms with Crippen LogP contribution in [0.1, 0.15) is 35.7 Å². The van der Waals surface area contributed by atoms with Gasteiger partial charge in [0.25, 0.3) is 0 Å².